The number of esters is 2. The molecule has 0 bridgehead atoms. The monoisotopic (exact) mass is 266 g/mol. The van der Waals surface area contributed by atoms with Crippen molar-refractivity contribution in [1.82, 2.24) is 10.6 Å². The highest BCUT2D eigenvalue weighted by atomic mass is 16.5. The second-order valence-corrected chi connectivity index (χ2v) is 4.37. The van der Waals surface area contributed by atoms with E-state index in [2.05, 4.69) is 10.6 Å². The molecule has 0 amide bonds. The summed E-state index contributed by atoms with van der Waals surface area (Å²) in [5, 5.41) is 6.16. The third kappa shape index (κ3) is 4.01. The maximum absolute atomic E-state index is 11.1. The molecular weight excluding hydrogens is 248 g/mol. The fourth-order valence-corrected chi connectivity index (χ4v) is 1.84. The molecule has 0 unspecified atom stereocenters. The van der Waals surface area contributed by atoms with Crippen molar-refractivity contribution in [2.24, 2.45) is 0 Å². The van der Waals surface area contributed by atoms with Gasteiger partial charge in [0.15, 0.2) is 0 Å². The van der Waals surface area contributed by atoms with Gasteiger partial charge in [0.05, 0.1) is 24.4 Å². The molecule has 0 aromatic rings. The zero-order chi connectivity index (χ0) is 13.5. The summed E-state index contributed by atoms with van der Waals surface area (Å²) in [4.78, 5) is 22.2. The SMILES string of the molecule is O=C1OCC/C1=C/NCCCN/C=C1\CCOC1=O. The van der Waals surface area contributed by atoms with E-state index in [0.717, 1.165) is 19.5 Å². The summed E-state index contributed by atoms with van der Waals surface area (Å²) >= 11 is 0. The highest BCUT2D eigenvalue weighted by Crippen LogP contribution is 2.11. The Morgan fingerprint density at radius 3 is 1.74 bits per heavy atom. The van der Waals surface area contributed by atoms with Crippen molar-refractivity contribution in [3.8, 4) is 0 Å². The average molecular weight is 266 g/mol. The van der Waals surface area contributed by atoms with Crippen molar-refractivity contribution in [3.63, 3.8) is 0 Å². The van der Waals surface area contributed by atoms with E-state index >= 15 is 0 Å². The van der Waals surface area contributed by atoms with Crippen molar-refractivity contribution < 1.29 is 19.1 Å². The summed E-state index contributed by atoms with van der Waals surface area (Å²) in [6, 6.07) is 0. The Hall–Kier alpha value is -1.98. The number of carbonyl (C=O) groups excluding carboxylic acids is 2. The standard InChI is InChI=1S/C13H18N2O4/c16-12-10(2-6-18-12)8-14-4-1-5-15-9-11-3-7-19-13(11)17/h8-9,14-15H,1-7H2/b10-8-,11-9+. The first-order valence-corrected chi connectivity index (χ1v) is 6.46. The first-order valence-electron chi connectivity index (χ1n) is 6.46. The second-order valence-electron chi connectivity index (χ2n) is 4.37. The molecule has 0 aliphatic carbocycles. The number of cyclic esters (lactones) is 2. The molecule has 0 aromatic carbocycles. The largest absolute Gasteiger partial charge is 0.462 e. The molecule has 0 spiro atoms. The lowest BCUT2D eigenvalue weighted by atomic mass is 10.2. The molecular formula is C13H18N2O4. The molecule has 0 radical (unpaired) electrons. The molecule has 2 aliphatic heterocycles. The molecule has 0 saturated carbocycles. The Morgan fingerprint density at radius 1 is 0.895 bits per heavy atom. The van der Waals surface area contributed by atoms with Gasteiger partial charge in [0.2, 0.25) is 0 Å². The van der Waals surface area contributed by atoms with E-state index in [1.54, 1.807) is 12.4 Å². The minimum absolute atomic E-state index is 0.227. The van der Waals surface area contributed by atoms with E-state index in [4.69, 9.17) is 9.47 Å². The summed E-state index contributed by atoms with van der Waals surface area (Å²) in [5.41, 5.74) is 1.40. The van der Waals surface area contributed by atoms with Crippen LogP contribution in [0.1, 0.15) is 19.3 Å². The Labute approximate surface area is 111 Å². The predicted molar refractivity (Wildman–Crippen MR) is 67.9 cm³/mol. The van der Waals surface area contributed by atoms with E-state index in [-0.39, 0.29) is 11.9 Å². The smallest absolute Gasteiger partial charge is 0.335 e. The summed E-state index contributed by atoms with van der Waals surface area (Å²) in [5.74, 6) is -0.454. The first kappa shape index (κ1) is 13.5. The molecule has 6 nitrogen and oxygen atoms in total. The van der Waals surface area contributed by atoms with E-state index in [1.807, 2.05) is 0 Å². The van der Waals surface area contributed by atoms with Crippen LogP contribution in [0.2, 0.25) is 0 Å². The molecule has 2 rings (SSSR count). The lowest BCUT2D eigenvalue weighted by Gasteiger charge is -2.02. The normalized spacial score (nSPS) is 22.7. The molecule has 6 heteroatoms. The fourth-order valence-electron chi connectivity index (χ4n) is 1.84. The summed E-state index contributed by atoms with van der Waals surface area (Å²) in [6.45, 7) is 2.49. The first-order chi connectivity index (χ1) is 9.27. The number of hydrogen-bond donors (Lipinski definition) is 2. The third-order valence-corrected chi connectivity index (χ3v) is 2.93. The van der Waals surface area contributed by atoms with E-state index in [0.29, 0.717) is 37.2 Å². The van der Waals surface area contributed by atoms with Crippen molar-refractivity contribution >= 4 is 11.9 Å². The lowest BCUT2D eigenvalue weighted by Crippen LogP contribution is -2.17. The number of carbonyl (C=O) groups is 2. The summed E-state index contributed by atoms with van der Waals surface area (Å²) in [6.07, 6.45) is 5.69. The molecule has 2 N–H and O–H groups in total. The average Bonchev–Trinajstić information content (AvgIpc) is 2.98. The highest BCUT2D eigenvalue weighted by molar-refractivity contribution is 5.90. The fraction of sp³-hybridized carbons (Fsp3) is 0.538. The zero-order valence-corrected chi connectivity index (χ0v) is 10.7. The van der Waals surface area contributed by atoms with Crippen LogP contribution >= 0.6 is 0 Å². The molecule has 2 fully saturated rings. The predicted octanol–water partition coefficient (Wildman–Crippen LogP) is 0.217. The Morgan fingerprint density at radius 2 is 1.37 bits per heavy atom. The van der Waals surface area contributed by atoms with Gasteiger partial charge in [-0.15, -0.1) is 0 Å². The van der Waals surface area contributed by atoms with Gasteiger partial charge in [0.25, 0.3) is 0 Å². The van der Waals surface area contributed by atoms with Crippen LogP contribution in [0.15, 0.2) is 23.5 Å². The quantitative estimate of drug-likeness (QED) is 0.407. The molecule has 0 atom stereocenters. The molecule has 104 valence electrons. The molecule has 0 aromatic heterocycles. The molecule has 2 saturated heterocycles. The van der Waals surface area contributed by atoms with E-state index in [1.165, 1.54) is 0 Å². The highest BCUT2D eigenvalue weighted by Gasteiger charge is 2.18. The van der Waals surface area contributed by atoms with Gasteiger partial charge in [-0.25, -0.2) is 9.59 Å². The van der Waals surface area contributed by atoms with Crippen molar-refractivity contribution in [2.45, 2.75) is 19.3 Å². The van der Waals surface area contributed by atoms with Crippen molar-refractivity contribution in [2.75, 3.05) is 26.3 Å². The third-order valence-electron chi connectivity index (χ3n) is 2.93. The minimum atomic E-state index is -0.227. The number of ether oxygens (including phenoxy) is 2. The topological polar surface area (TPSA) is 76.7 Å². The van der Waals surface area contributed by atoms with Crippen molar-refractivity contribution in [3.05, 3.63) is 23.5 Å². The van der Waals surface area contributed by atoms with Gasteiger partial charge in [-0.1, -0.05) is 0 Å². The van der Waals surface area contributed by atoms with Gasteiger partial charge in [0.1, 0.15) is 0 Å². The van der Waals surface area contributed by atoms with Crippen LogP contribution in [0, 0.1) is 0 Å². The van der Waals surface area contributed by atoms with Gasteiger partial charge >= 0.3 is 11.9 Å². The van der Waals surface area contributed by atoms with Crippen LogP contribution in [0.25, 0.3) is 0 Å². The van der Waals surface area contributed by atoms with E-state index in [9.17, 15) is 9.59 Å². The van der Waals surface area contributed by atoms with Crippen LogP contribution in [-0.4, -0.2) is 38.2 Å². The van der Waals surface area contributed by atoms with E-state index < -0.39 is 0 Å². The van der Waals surface area contributed by atoms with Crippen LogP contribution in [0.4, 0.5) is 0 Å². The zero-order valence-electron chi connectivity index (χ0n) is 10.7. The Bertz CT molecular complexity index is 377. The van der Waals surface area contributed by atoms with Crippen LogP contribution in [0.3, 0.4) is 0 Å². The maximum atomic E-state index is 11.1. The minimum Gasteiger partial charge on any atom is -0.462 e. The Kier molecular flexibility index (Phi) is 4.83. The lowest BCUT2D eigenvalue weighted by molar-refractivity contribution is -0.135. The van der Waals surface area contributed by atoms with Crippen LogP contribution in [0.5, 0.6) is 0 Å². The number of nitrogens with one attached hydrogen (secondary N) is 2. The van der Waals surface area contributed by atoms with Gasteiger partial charge in [-0.2, -0.15) is 0 Å². The summed E-state index contributed by atoms with van der Waals surface area (Å²) < 4.78 is 9.63. The second kappa shape index (κ2) is 6.82. The number of rotatable bonds is 6. The molecule has 19 heavy (non-hydrogen) atoms. The number of hydrogen-bond acceptors (Lipinski definition) is 6. The van der Waals surface area contributed by atoms with Gasteiger partial charge < -0.3 is 20.1 Å². The van der Waals surface area contributed by atoms with Gasteiger partial charge in [-0.3, -0.25) is 0 Å². The van der Waals surface area contributed by atoms with Crippen LogP contribution < -0.4 is 10.6 Å². The maximum Gasteiger partial charge on any atom is 0.335 e. The van der Waals surface area contributed by atoms with Gasteiger partial charge in [0, 0.05) is 38.3 Å². The Balaban J connectivity index is 1.55. The molecule has 2 heterocycles. The van der Waals surface area contributed by atoms with Gasteiger partial charge in [-0.05, 0) is 6.42 Å². The van der Waals surface area contributed by atoms with Crippen molar-refractivity contribution in [1.29, 1.82) is 0 Å². The summed E-state index contributed by atoms with van der Waals surface area (Å²) in [7, 11) is 0. The van der Waals surface area contributed by atoms with Crippen LogP contribution in [-0.2, 0) is 19.1 Å². The molecule has 2 aliphatic rings.